The molecule has 7 rings (SSSR count). The fourth-order valence-electron chi connectivity index (χ4n) is 5.43. The van der Waals surface area contributed by atoms with Crippen molar-refractivity contribution in [2.24, 2.45) is 0 Å². The van der Waals surface area contributed by atoms with Crippen LogP contribution < -0.4 is 15.0 Å². The molecule has 1 fully saturated rings. The number of carbonyl (C=O) groups is 1. The van der Waals surface area contributed by atoms with Crippen LogP contribution in [0.15, 0.2) is 128 Å². The summed E-state index contributed by atoms with van der Waals surface area (Å²) in [6.45, 7) is 3.10. The third-order valence-electron chi connectivity index (χ3n) is 7.85. The molecule has 0 radical (unpaired) electrons. The second-order valence-electron chi connectivity index (χ2n) is 10.9. The van der Waals surface area contributed by atoms with Crippen LogP contribution in [0, 0.1) is 0 Å². The van der Waals surface area contributed by atoms with Gasteiger partial charge in [0.15, 0.2) is 0 Å². The molecule has 1 amide bonds. The van der Waals surface area contributed by atoms with Crippen LogP contribution in [0.2, 0.25) is 0 Å². The fraction of sp³-hybridized carbons (Fsp3) is 0.108. The second kappa shape index (κ2) is 13.1. The zero-order valence-electron chi connectivity index (χ0n) is 24.9. The van der Waals surface area contributed by atoms with Gasteiger partial charge in [-0.05, 0) is 66.8 Å². The predicted molar refractivity (Wildman–Crippen MR) is 186 cm³/mol. The van der Waals surface area contributed by atoms with Gasteiger partial charge < -0.3 is 19.9 Å². The van der Waals surface area contributed by atoms with Gasteiger partial charge in [0, 0.05) is 54.8 Å². The van der Waals surface area contributed by atoms with Gasteiger partial charge in [-0.15, -0.1) is 0 Å². The third-order valence-corrected chi connectivity index (χ3v) is 8.19. The number of nitrogens with zero attached hydrogens (tertiary/aromatic N) is 5. The average molecular weight is 623 g/mol. The van der Waals surface area contributed by atoms with Crippen LogP contribution in [0.3, 0.4) is 0 Å². The number of ether oxygens (including phenoxy) is 1. The van der Waals surface area contributed by atoms with Crippen molar-refractivity contribution in [3.8, 4) is 28.3 Å². The maximum Gasteiger partial charge on any atom is 0.264 e. The Morgan fingerprint density at radius 3 is 1.96 bits per heavy atom. The summed E-state index contributed by atoms with van der Waals surface area (Å²) in [4.78, 5) is 31.9. The predicted octanol–water partition coefficient (Wildman–Crippen LogP) is 7.10. The maximum atomic E-state index is 13.2. The van der Waals surface area contributed by atoms with Crippen LogP contribution in [0.5, 0.6) is 5.75 Å². The number of piperazine rings is 1. The van der Waals surface area contributed by atoms with E-state index in [9.17, 15) is 4.79 Å². The van der Waals surface area contributed by atoms with E-state index in [1.54, 1.807) is 30.5 Å². The summed E-state index contributed by atoms with van der Waals surface area (Å²) in [7, 11) is 0. The fourth-order valence-corrected chi connectivity index (χ4v) is 5.71. The average Bonchev–Trinajstić information content (AvgIpc) is 3.12. The molecule has 0 bridgehead atoms. The molecule has 9 heteroatoms. The first-order valence-electron chi connectivity index (χ1n) is 15.1. The highest BCUT2D eigenvalue weighted by Crippen LogP contribution is 2.31. The molecule has 1 aliphatic heterocycles. The minimum absolute atomic E-state index is 0.240. The van der Waals surface area contributed by atoms with Crippen LogP contribution in [0.4, 0.5) is 11.5 Å². The first kappa shape index (κ1) is 29.1. The van der Waals surface area contributed by atoms with E-state index < -0.39 is 0 Å². The highest BCUT2D eigenvalue weighted by atomic mass is 32.1. The molecule has 0 saturated carbocycles. The van der Waals surface area contributed by atoms with Crippen LogP contribution in [0.25, 0.3) is 33.5 Å². The minimum Gasteiger partial charge on any atom is -0.432 e. The summed E-state index contributed by atoms with van der Waals surface area (Å²) in [6, 6.07) is 38.5. The number of thiocarbonyl (C=S) groups is 1. The molecule has 226 valence electrons. The molecule has 0 aliphatic carbocycles. The SMILES string of the molecule is O=C(Nc1ccc2nc(-c3ccccc3)c(-c3ccccc3)nc2c1)c1ccc(OC(=S)N2CCN(c3ccccn3)CC2)cc1. The molecule has 8 nitrogen and oxygen atoms in total. The van der Waals surface area contributed by atoms with Crippen LogP contribution in [0.1, 0.15) is 10.4 Å². The summed E-state index contributed by atoms with van der Waals surface area (Å²) in [6.07, 6.45) is 1.80. The van der Waals surface area contributed by atoms with Gasteiger partial charge in [-0.3, -0.25) is 4.79 Å². The van der Waals surface area contributed by atoms with Crippen LogP contribution in [-0.2, 0) is 0 Å². The molecule has 1 N–H and O–H groups in total. The van der Waals surface area contributed by atoms with Gasteiger partial charge in [-0.25, -0.2) is 15.0 Å². The van der Waals surface area contributed by atoms with E-state index in [-0.39, 0.29) is 5.91 Å². The summed E-state index contributed by atoms with van der Waals surface area (Å²) >= 11 is 5.58. The monoisotopic (exact) mass is 622 g/mol. The number of hydrogen-bond acceptors (Lipinski definition) is 7. The van der Waals surface area contributed by atoms with Crippen LogP contribution in [-0.4, -0.2) is 57.1 Å². The third kappa shape index (κ3) is 6.40. The van der Waals surface area contributed by atoms with E-state index in [1.165, 1.54) is 0 Å². The topological polar surface area (TPSA) is 83.5 Å². The van der Waals surface area contributed by atoms with E-state index in [2.05, 4.69) is 15.2 Å². The quantitative estimate of drug-likeness (QED) is 0.197. The molecule has 0 atom stereocenters. The van der Waals surface area contributed by atoms with Gasteiger partial charge in [-0.1, -0.05) is 66.7 Å². The number of amides is 1. The Balaban J connectivity index is 1.02. The smallest absolute Gasteiger partial charge is 0.264 e. The molecule has 1 saturated heterocycles. The lowest BCUT2D eigenvalue weighted by Gasteiger charge is -2.36. The first-order chi connectivity index (χ1) is 22.6. The lowest BCUT2D eigenvalue weighted by molar-refractivity contribution is 0.102. The Hall–Kier alpha value is -5.67. The van der Waals surface area contributed by atoms with Crippen molar-refractivity contribution in [1.82, 2.24) is 19.9 Å². The summed E-state index contributed by atoms with van der Waals surface area (Å²) in [5.74, 6) is 1.31. The van der Waals surface area contributed by atoms with E-state index in [4.69, 9.17) is 26.9 Å². The number of anilines is 2. The number of aromatic nitrogens is 3. The number of nitrogens with one attached hydrogen (secondary N) is 1. The Morgan fingerprint density at radius 2 is 1.33 bits per heavy atom. The summed E-state index contributed by atoms with van der Waals surface area (Å²) in [5.41, 5.74) is 6.11. The van der Waals surface area contributed by atoms with Crippen LogP contribution >= 0.6 is 12.2 Å². The van der Waals surface area contributed by atoms with E-state index >= 15 is 0 Å². The van der Waals surface area contributed by atoms with Gasteiger partial charge in [-0.2, -0.15) is 0 Å². The first-order valence-corrected chi connectivity index (χ1v) is 15.5. The lowest BCUT2D eigenvalue weighted by atomic mass is 10.0. The van der Waals surface area contributed by atoms with Gasteiger partial charge in [0.25, 0.3) is 11.1 Å². The number of fused-ring (bicyclic) bond motifs is 1. The zero-order chi connectivity index (χ0) is 31.3. The van der Waals surface area contributed by atoms with E-state index in [0.29, 0.717) is 27.7 Å². The van der Waals surface area contributed by atoms with E-state index in [1.807, 2.05) is 102 Å². The number of carbonyl (C=O) groups excluding carboxylic acids is 1. The number of pyridine rings is 1. The molecule has 4 aromatic carbocycles. The number of benzene rings is 4. The molecule has 2 aromatic heterocycles. The van der Waals surface area contributed by atoms with Gasteiger partial charge in [0.1, 0.15) is 11.6 Å². The van der Waals surface area contributed by atoms with Crippen molar-refractivity contribution in [2.45, 2.75) is 0 Å². The highest BCUT2D eigenvalue weighted by Gasteiger charge is 2.21. The van der Waals surface area contributed by atoms with Gasteiger partial charge >= 0.3 is 0 Å². The molecular formula is C37H30N6O2S. The Bertz CT molecular complexity index is 1980. The molecule has 1 aliphatic rings. The lowest BCUT2D eigenvalue weighted by Crippen LogP contribution is -2.49. The summed E-state index contributed by atoms with van der Waals surface area (Å²) < 4.78 is 5.96. The van der Waals surface area contributed by atoms with Gasteiger partial charge in [0.2, 0.25) is 0 Å². The molecular weight excluding hydrogens is 593 g/mol. The Morgan fingerprint density at radius 1 is 0.696 bits per heavy atom. The van der Waals surface area contributed by atoms with Gasteiger partial charge in [0.05, 0.1) is 22.4 Å². The van der Waals surface area contributed by atoms with Crippen molar-refractivity contribution >= 4 is 45.8 Å². The number of hydrogen-bond donors (Lipinski definition) is 1. The van der Waals surface area contributed by atoms with Crippen molar-refractivity contribution in [1.29, 1.82) is 0 Å². The second-order valence-corrected chi connectivity index (χ2v) is 11.2. The molecule has 0 spiro atoms. The molecule has 46 heavy (non-hydrogen) atoms. The highest BCUT2D eigenvalue weighted by molar-refractivity contribution is 7.80. The maximum absolute atomic E-state index is 13.2. The summed E-state index contributed by atoms with van der Waals surface area (Å²) in [5, 5.41) is 3.41. The van der Waals surface area contributed by atoms with Crippen molar-refractivity contribution in [2.75, 3.05) is 36.4 Å². The normalized spacial score (nSPS) is 13.0. The molecule has 3 heterocycles. The standard InChI is InChI=1S/C37H30N6O2S/c44-36(28-14-17-30(18-15-28)45-37(46)43-23-21-42(22-24-43)33-13-7-8-20-38-33)39-29-16-19-31-32(25-29)41-35(27-11-5-2-6-12-27)34(40-31)26-9-3-1-4-10-26/h1-20,25H,21-24H2,(H,39,44). The largest absolute Gasteiger partial charge is 0.432 e. The van der Waals surface area contributed by atoms with E-state index in [0.717, 1.165) is 60.0 Å². The van der Waals surface area contributed by atoms with Crippen molar-refractivity contribution < 1.29 is 9.53 Å². The minimum atomic E-state index is -0.240. The number of rotatable bonds is 6. The molecule has 0 unspecified atom stereocenters. The van der Waals surface area contributed by atoms with Crippen molar-refractivity contribution in [3.05, 3.63) is 133 Å². The molecule has 6 aromatic rings. The zero-order valence-corrected chi connectivity index (χ0v) is 25.7. The van der Waals surface area contributed by atoms with Crippen molar-refractivity contribution in [3.63, 3.8) is 0 Å². The Labute approximate surface area is 272 Å². The Kier molecular flexibility index (Phi) is 8.30.